The second kappa shape index (κ2) is 5.14. The van der Waals surface area contributed by atoms with E-state index >= 15 is 0 Å². The van der Waals surface area contributed by atoms with Crippen molar-refractivity contribution in [1.82, 2.24) is 9.97 Å². The van der Waals surface area contributed by atoms with Gasteiger partial charge in [-0.15, -0.1) is 0 Å². The van der Waals surface area contributed by atoms with E-state index in [1.165, 1.54) is 37.7 Å². The van der Waals surface area contributed by atoms with Gasteiger partial charge in [-0.2, -0.15) is 0 Å². The molecule has 2 aliphatic carbocycles. The van der Waals surface area contributed by atoms with Crippen LogP contribution in [0.5, 0.6) is 0 Å². The minimum Gasteiger partial charge on any atom is -0.369 e. The number of nitrogens with one attached hydrogen (secondary N) is 1. The fourth-order valence-corrected chi connectivity index (χ4v) is 2.91. The van der Waals surface area contributed by atoms with E-state index in [9.17, 15) is 0 Å². The van der Waals surface area contributed by atoms with Crippen molar-refractivity contribution in [3.63, 3.8) is 0 Å². The first-order valence-corrected chi connectivity index (χ1v) is 7.94. The Hall–Kier alpha value is -1.90. The summed E-state index contributed by atoms with van der Waals surface area (Å²) in [5.74, 6) is 2.63. The lowest BCUT2D eigenvalue weighted by Gasteiger charge is -2.16. The Morgan fingerprint density at radius 3 is 2.62 bits per heavy atom. The number of benzene rings is 1. The second-order valence-corrected chi connectivity index (χ2v) is 6.59. The van der Waals surface area contributed by atoms with Crippen LogP contribution in [-0.2, 0) is 6.42 Å². The van der Waals surface area contributed by atoms with Gasteiger partial charge in [-0.25, -0.2) is 9.97 Å². The maximum absolute atomic E-state index is 4.65. The van der Waals surface area contributed by atoms with Crippen LogP contribution in [0.1, 0.15) is 43.0 Å². The zero-order chi connectivity index (χ0) is 14.1. The highest BCUT2D eigenvalue weighted by atomic mass is 15.0. The lowest BCUT2D eigenvalue weighted by atomic mass is 9.96. The summed E-state index contributed by atoms with van der Waals surface area (Å²) >= 11 is 0. The van der Waals surface area contributed by atoms with E-state index in [0.717, 1.165) is 18.2 Å². The summed E-state index contributed by atoms with van der Waals surface area (Å²) in [6.45, 7) is 1.02. The molecular weight excluding hydrogens is 258 g/mol. The molecule has 0 aliphatic heterocycles. The predicted molar refractivity (Wildman–Crippen MR) is 84.3 cm³/mol. The maximum atomic E-state index is 4.65. The minimum absolute atomic E-state index is 0.437. The number of aromatic nitrogens is 2. The average molecular weight is 279 g/mol. The highest BCUT2D eigenvalue weighted by Crippen LogP contribution is 2.48. The van der Waals surface area contributed by atoms with Crippen LogP contribution in [-0.4, -0.2) is 16.5 Å². The molecule has 108 valence electrons. The van der Waals surface area contributed by atoms with Crippen LogP contribution >= 0.6 is 0 Å². The molecule has 0 radical (unpaired) electrons. The SMILES string of the molecule is c1ccc(CC2(CNc3ccnc(C4CC4)n3)CC2)cc1. The van der Waals surface area contributed by atoms with E-state index in [1.807, 2.05) is 12.3 Å². The molecule has 2 fully saturated rings. The van der Waals surface area contributed by atoms with Crippen molar-refractivity contribution in [2.45, 2.75) is 38.0 Å². The van der Waals surface area contributed by atoms with Crippen molar-refractivity contribution < 1.29 is 0 Å². The van der Waals surface area contributed by atoms with Crippen LogP contribution in [0.15, 0.2) is 42.6 Å². The van der Waals surface area contributed by atoms with Crippen LogP contribution in [0.2, 0.25) is 0 Å². The van der Waals surface area contributed by atoms with E-state index in [1.54, 1.807) is 0 Å². The summed E-state index contributed by atoms with van der Waals surface area (Å²) in [5.41, 5.74) is 1.88. The number of rotatable bonds is 6. The predicted octanol–water partition coefficient (Wildman–Crippen LogP) is 3.79. The van der Waals surface area contributed by atoms with Gasteiger partial charge in [-0.05, 0) is 49.1 Å². The fraction of sp³-hybridized carbons (Fsp3) is 0.444. The molecule has 1 heterocycles. The van der Waals surface area contributed by atoms with E-state index in [0.29, 0.717) is 11.3 Å². The van der Waals surface area contributed by atoms with Crippen LogP contribution < -0.4 is 5.32 Å². The highest BCUT2D eigenvalue weighted by Gasteiger charge is 2.42. The van der Waals surface area contributed by atoms with Gasteiger partial charge in [-0.3, -0.25) is 0 Å². The fourth-order valence-electron chi connectivity index (χ4n) is 2.91. The molecule has 2 aromatic rings. The van der Waals surface area contributed by atoms with E-state index in [4.69, 9.17) is 0 Å². The van der Waals surface area contributed by atoms with Gasteiger partial charge in [0.2, 0.25) is 0 Å². The quantitative estimate of drug-likeness (QED) is 0.874. The molecule has 3 nitrogen and oxygen atoms in total. The Bertz CT molecular complexity index is 615. The molecule has 4 rings (SSSR count). The molecule has 0 atom stereocenters. The van der Waals surface area contributed by atoms with Crippen LogP contribution in [0.4, 0.5) is 5.82 Å². The molecule has 0 saturated heterocycles. The molecule has 0 unspecified atom stereocenters. The zero-order valence-corrected chi connectivity index (χ0v) is 12.3. The van der Waals surface area contributed by atoms with Crippen molar-refractivity contribution in [3.8, 4) is 0 Å². The van der Waals surface area contributed by atoms with Crippen LogP contribution in [0.3, 0.4) is 0 Å². The van der Waals surface area contributed by atoms with Crippen molar-refractivity contribution in [2.24, 2.45) is 5.41 Å². The van der Waals surface area contributed by atoms with Gasteiger partial charge in [0, 0.05) is 18.7 Å². The largest absolute Gasteiger partial charge is 0.369 e. The van der Waals surface area contributed by atoms with Crippen molar-refractivity contribution in [1.29, 1.82) is 0 Å². The van der Waals surface area contributed by atoms with Gasteiger partial charge in [0.05, 0.1) is 0 Å². The lowest BCUT2D eigenvalue weighted by molar-refractivity contribution is 0.537. The zero-order valence-electron chi connectivity index (χ0n) is 12.3. The Labute approximate surface area is 125 Å². The Kier molecular flexibility index (Phi) is 3.13. The first kappa shape index (κ1) is 12.8. The average Bonchev–Trinajstić information content (AvgIpc) is 3.42. The number of anilines is 1. The number of hydrogen-bond acceptors (Lipinski definition) is 3. The molecule has 0 bridgehead atoms. The van der Waals surface area contributed by atoms with Gasteiger partial charge in [0.1, 0.15) is 11.6 Å². The summed E-state index contributed by atoms with van der Waals surface area (Å²) in [5, 5.41) is 3.54. The van der Waals surface area contributed by atoms with Crippen molar-refractivity contribution in [3.05, 3.63) is 54.0 Å². The third kappa shape index (κ3) is 3.07. The first-order chi connectivity index (χ1) is 10.3. The van der Waals surface area contributed by atoms with Gasteiger partial charge in [-0.1, -0.05) is 30.3 Å². The molecule has 1 N–H and O–H groups in total. The molecule has 2 saturated carbocycles. The van der Waals surface area contributed by atoms with Gasteiger partial charge in [0.15, 0.2) is 0 Å². The lowest BCUT2D eigenvalue weighted by Crippen LogP contribution is -2.18. The molecule has 0 spiro atoms. The topological polar surface area (TPSA) is 37.8 Å². The summed E-state index contributed by atoms with van der Waals surface area (Å²) in [7, 11) is 0. The second-order valence-electron chi connectivity index (χ2n) is 6.59. The van der Waals surface area contributed by atoms with Crippen molar-refractivity contribution in [2.75, 3.05) is 11.9 Å². The van der Waals surface area contributed by atoms with Gasteiger partial charge in [0.25, 0.3) is 0 Å². The molecule has 2 aliphatic rings. The first-order valence-electron chi connectivity index (χ1n) is 7.94. The van der Waals surface area contributed by atoms with Crippen molar-refractivity contribution >= 4 is 5.82 Å². The van der Waals surface area contributed by atoms with E-state index < -0.39 is 0 Å². The van der Waals surface area contributed by atoms with E-state index in [2.05, 4.69) is 45.6 Å². The normalized spacial score (nSPS) is 19.2. The molecule has 0 amide bonds. The maximum Gasteiger partial charge on any atom is 0.133 e. The smallest absolute Gasteiger partial charge is 0.133 e. The third-order valence-electron chi connectivity index (χ3n) is 4.64. The van der Waals surface area contributed by atoms with Crippen LogP contribution in [0, 0.1) is 5.41 Å². The Morgan fingerprint density at radius 1 is 1.10 bits per heavy atom. The molecular formula is C18H21N3. The summed E-state index contributed by atoms with van der Waals surface area (Å²) in [4.78, 5) is 9.03. The van der Waals surface area contributed by atoms with E-state index in [-0.39, 0.29) is 0 Å². The number of nitrogens with zero attached hydrogens (tertiary/aromatic N) is 2. The molecule has 1 aromatic heterocycles. The molecule has 1 aromatic carbocycles. The summed E-state index contributed by atoms with van der Waals surface area (Å²) in [6, 6.07) is 12.8. The molecule has 21 heavy (non-hydrogen) atoms. The monoisotopic (exact) mass is 279 g/mol. The Morgan fingerprint density at radius 2 is 1.90 bits per heavy atom. The summed E-state index contributed by atoms with van der Waals surface area (Å²) < 4.78 is 0. The third-order valence-corrected chi connectivity index (χ3v) is 4.64. The summed E-state index contributed by atoms with van der Waals surface area (Å²) in [6.07, 6.45) is 8.19. The minimum atomic E-state index is 0.437. The van der Waals surface area contributed by atoms with Gasteiger partial charge < -0.3 is 5.32 Å². The van der Waals surface area contributed by atoms with Gasteiger partial charge >= 0.3 is 0 Å². The number of hydrogen-bond donors (Lipinski definition) is 1. The van der Waals surface area contributed by atoms with Crippen LogP contribution in [0.25, 0.3) is 0 Å². The standard InChI is InChI=1S/C18H21N3/c1-2-4-14(5-3-1)12-18(9-10-18)13-20-16-8-11-19-17(21-16)15-6-7-15/h1-5,8,11,15H,6-7,9-10,12-13H2,(H,19,20,21). The highest BCUT2D eigenvalue weighted by molar-refractivity contribution is 5.35. The molecule has 3 heteroatoms. The Balaban J connectivity index is 1.39.